The van der Waals surface area contributed by atoms with E-state index in [1.807, 2.05) is 11.8 Å². The van der Waals surface area contributed by atoms with Gasteiger partial charge in [-0.05, 0) is 45.4 Å². The SMILES string of the molecule is CCNC(=NCCCCCOC1CCCCC1)NC1CCN(C(=O)CC)C1.I. The van der Waals surface area contributed by atoms with Crippen molar-refractivity contribution >= 4 is 35.8 Å². The molecule has 0 aromatic carbocycles. The average molecular weight is 508 g/mol. The van der Waals surface area contributed by atoms with Crippen LogP contribution in [0.15, 0.2) is 4.99 Å². The molecule has 164 valence electrons. The van der Waals surface area contributed by atoms with Crippen molar-refractivity contribution in [2.75, 3.05) is 32.8 Å². The van der Waals surface area contributed by atoms with Gasteiger partial charge >= 0.3 is 0 Å². The van der Waals surface area contributed by atoms with Gasteiger partial charge in [-0.15, -0.1) is 24.0 Å². The maximum atomic E-state index is 11.8. The van der Waals surface area contributed by atoms with Crippen molar-refractivity contribution in [2.24, 2.45) is 4.99 Å². The maximum Gasteiger partial charge on any atom is 0.222 e. The number of amides is 1. The van der Waals surface area contributed by atoms with E-state index in [9.17, 15) is 4.79 Å². The van der Waals surface area contributed by atoms with Crippen LogP contribution in [0, 0.1) is 0 Å². The first kappa shape index (κ1) is 25.5. The van der Waals surface area contributed by atoms with Crippen LogP contribution >= 0.6 is 24.0 Å². The lowest BCUT2D eigenvalue weighted by atomic mass is 9.98. The molecule has 0 spiro atoms. The first-order valence-corrected chi connectivity index (χ1v) is 11.2. The first-order chi connectivity index (χ1) is 13.2. The minimum atomic E-state index is 0. The Kier molecular flexibility index (Phi) is 13.9. The number of nitrogens with one attached hydrogen (secondary N) is 2. The zero-order chi connectivity index (χ0) is 19.3. The number of likely N-dealkylation sites (tertiary alicyclic amines) is 1. The van der Waals surface area contributed by atoms with E-state index in [-0.39, 0.29) is 29.9 Å². The fraction of sp³-hybridized carbons (Fsp3) is 0.905. The minimum Gasteiger partial charge on any atom is -0.378 e. The summed E-state index contributed by atoms with van der Waals surface area (Å²) >= 11 is 0. The van der Waals surface area contributed by atoms with Gasteiger partial charge in [0.1, 0.15) is 0 Å². The summed E-state index contributed by atoms with van der Waals surface area (Å²) in [7, 11) is 0. The van der Waals surface area contributed by atoms with Crippen LogP contribution in [0.5, 0.6) is 0 Å². The molecule has 2 rings (SSSR count). The number of rotatable bonds is 10. The van der Waals surface area contributed by atoms with Gasteiger partial charge < -0.3 is 20.3 Å². The Morgan fingerprint density at radius 3 is 2.61 bits per heavy atom. The van der Waals surface area contributed by atoms with Gasteiger partial charge in [-0.3, -0.25) is 9.79 Å². The Labute approximate surface area is 188 Å². The number of hydrogen-bond donors (Lipinski definition) is 2. The highest BCUT2D eigenvalue weighted by Gasteiger charge is 2.25. The molecule has 1 unspecified atom stereocenters. The fourth-order valence-corrected chi connectivity index (χ4v) is 3.90. The van der Waals surface area contributed by atoms with Gasteiger partial charge in [-0.2, -0.15) is 0 Å². The molecular formula is C21H41IN4O2. The lowest BCUT2D eigenvalue weighted by Crippen LogP contribution is -2.45. The van der Waals surface area contributed by atoms with Gasteiger partial charge in [0.25, 0.3) is 0 Å². The molecule has 2 aliphatic rings. The molecule has 28 heavy (non-hydrogen) atoms. The van der Waals surface area contributed by atoms with Gasteiger partial charge in [0.05, 0.1) is 6.10 Å². The summed E-state index contributed by atoms with van der Waals surface area (Å²) in [6.45, 7) is 8.24. The number of unbranched alkanes of at least 4 members (excludes halogenated alkanes) is 2. The van der Waals surface area contributed by atoms with Crippen molar-refractivity contribution in [3.05, 3.63) is 0 Å². The Morgan fingerprint density at radius 1 is 1.11 bits per heavy atom. The Bertz CT molecular complexity index is 456. The molecule has 1 aliphatic heterocycles. The summed E-state index contributed by atoms with van der Waals surface area (Å²) in [5, 5.41) is 6.81. The topological polar surface area (TPSA) is 66.0 Å². The molecule has 2 fully saturated rings. The molecule has 7 heteroatoms. The highest BCUT2D eigenvalue weighted by Crippen LogP contribution is 2.20. The van der Waals surface area contributed by atoms with E-state index in [0.29, 0.717) is 18.6 Å². The van der Waals surface area contributed by atoms with Gasteiger partial charge in [0.15, 0.2) is 5.96 Å². The number of carbonyl (C=O) groups is 1. The van der Waals surface area contributed by atoms with Gasteiger partial charge in [0, 0.05) is 45.2 Å². The third-order valence-electron chi connectivity index (χ3n) is 5.51. The van der Waals surface area contributed by atoms with E-state index >= 15 is 0 Å². The highest BCUT2D eigenvalue weighted by atomic mass is 127. The third-order valence-corrected chi connectivity index (χ3v) is 5.51. The summed E-state index contributed by atoms with van der Waals surface area (Å²) in [5.41, 5.74) is 0. The zero-order valence-electron chi connectivity index (χ0n) is 17.9. The lowest BCUT2D eigenvalue weighted by molar-refractivity contribution is -0.129. The number of halogens is 1. The second kappa shape index (κ2) is 15.3. The van der Waals surface area contributed by atoms with E-state index in [1.54, 1.807) is 0 Å². The Balaban J connectivity index is 0.00000392. The summed E-state index contributed by atoms with van der Waals surface area (Å²) < 4.78 is 5.98. The molecule has 1 atom stereocenters. The summed E-state index contributed by atoms with van der Waals surface area (Å²) in [5.74, 6) is 1.13. The van der Waals surface area contributed by atoms with Crippen LogP contribution in [0.25, 0.3) is 0 Å². The number of nitrogens with zero attached hydrogens (tertiary/aromatic N) is 2. The largest absolute Gasteiger partial charge is 0.378 e. The average Bonchev–Trinajstić information content (AvgIpc) is 3.16. The van der Waals surface area contributed by atoms with Gasteiger partial charge in [-0.25, -0.2) is 0 Å². The van der Waals surface area contributed by atoms with Crippen LogP contribution in [0.1, 0.15) is 78.1 Å². The summed E-state index contributed by atoms with van der Waals surface area (Å²) in [6.07, 6.45) is 12.1. The molecule has 2 N–H and O–H groups in total. The van der Waals surface area contributed by atoms with Crippen LogP contribution in [0.3, 0.4) is 0 Å². The predicted molar refractivity (Wildman–Crippen MR) is 126 cm³/mol. The van der Waals surface area contributed by atoms with Crippen LogP contribution in [-0.4, -0.2) is 61.7 Å². The molecule has 0 bridgehead atoms. The van der Waals surface area contributed by atoms with E-state index in [4.69, 9.17) is 9.73 Å². The quantitative estimate of drug-likeness (QED) is 0.205. The smallest absolute Gasteiger partial charge is 0.222 e. The van der Waals surface area contributed by atoms with Gasteiger partial charge in [-0.1, -0.05) is 26.2 Å². The minimum absolute atomic E-state index is 0. The number of carbonyl (C=O) groups excluding carboxylic acids is 1. The molecular weight excluding hydrogens is 467 g/mol. The van der Waals surface area contributed by atoms with Crippen LogP contribution < -0.4 is 10.6 Å². The number of ether oxygens (including phenoxy) is 1. The standard InChI is InChI=1S/C21H40N4O2.HI/c1-3-20(26)25-15-13-18(17-25)24-21(22-4-2)23-14-9-6-10-16-27-19-11-7-5-8-12-19;/h18-19H,3-17H2,1-2H3,(H2,22,23,24);1H. The molecule has 1 saturated carbocycles. The molecule has 0 aromatic rings. The number of guanidine groups is 1. The van der Waals surface area contributed by atoms with Crippen LogP contribution in [-0.2, 0) is 9.53 Å². The Morgan fingerprint density at radius 2 is 1.89 bits per heavy atom. The normalized spacial score (nSPS) is 20.7. The van der Waals surface area contributed by atoms with Crippen LogP contribution in [0.4, 0.5) is 0 Å². The van der Waals surface area contributed by atoms with Crippen LogP contribution in [0.2, 0.25) is 0 Å². The fourth-order valence-electron chi connectivity index (χ4n) is 3.90. The predicted octanol–water partition coefficient (Wildman–Crippen LogP) is 3.69. The second-order valence-corrected chi connectivity index (χ2v) is 7.78. The molecule has 1 amide bonds. The summed E-state index contributed by atoms with van der Waals surface area (Å²) in [4.78, 5) is 18.5. The molecule has 0 radical (unpaired) electrons. The van der Waals surface area contributed by atoms with E-state index in [1.165, 1.54) is 32.1 Å². The molecule has 1 saturated heterocycles. The molecule has 0 aromatic heterocycles. The van der Waals surface area contributed by atoms with Crippen molar-refractivity contribution in [1.29, 1.82) is 0 Å². The number of aliphatic imine (C=N–C) groups is 1. The molecule has 1 aliphatic carbocycles. The number of hydrogen-bond acceptors (Lipinski definition) is 3. The maximum absolute atomic E-state index is 11.8. The van der Waals surface area contributed by atoms with E-state index in [0.717, 1.165) is 64.4 Å². The Hall–Kier alpha value is -0.570. The molecule has 6 nitrogen and oxygen atoms in total. The third kappa shape index (κ3) is 9.76. The zero-order valence-corrected chi connectivity index (χ0v) is 20.2. The molecule has 1 heterocycles. The van der Waals surface area contributed by atoms with Gasteiger partial charge in [0.2, 0.25) is 5.91 Å². The van der Waals surface area contributed by atoms with Crippen molar-refractivity contribution in [3.63, 3.8) is 0 Å². The van der Waals surface area contributed by atoms with Crippen molar-refractivity contribution in [2.45, 2.75) is 90.2 Å². The van der Waals surface area contributed by atoms with E-state index < -0.39 is 0 Å². The van der Waals surface area contributed by atoms with Crippen molar-refractivity contribution < 1.29 is 9.53 Å². The second-order valence-electron chi connectivity index (χ2n) is 7.78. The monoisotopic (exact) mass is 508 g/mol. The first-order valence-electron chi connectivity index (χ1n) is 11.2. The van der Waals surface area contributed by atoms with Crippen molar-refractivity contribution in [3.8, 4) is 0 Å². The van der Waals surface area contributed by atoms with E-state index in [2.05, 4.69) is 17.6 Å². The lowest BCUT2D eigenvalue weighted by Gasteiger charge is -2.21. The van der Waals surface area contributed by atoms with Crippen molar-refractivity contribution in [1.82, 2.24) is 15.5 Å². The summed E-state index contributed by atoms with van der Waals surface area (Å²) in [6, 6.07) is 0.308. The highest BCUT2D eigenvalue weighted by molar-refractivity contribution is 14.0.